The van der Waals surface area contributed by atoms with Gasteiger partial charge in [-0.2, -0.15) is 4.37 Å². The van der Waals surface area contributed by atoms with E-state index in [0.29, 0.717) is 32.1 Å². The fourth-order valence-electron chi connectivity index (χ4n) is 2.74. The normalized spacial score (nSPS) is 16.2. The Balaban J connectivity index is 1.68. The van der Waals surface area contributed by atoms with Gasteiger partial charge < -0.3 is 24.8 Å². The molecule has 9 nitrogen and oxygen atoms in total. The lowest BCUT2D eigenvalue weighted by atomic mass is 9.92. The molecule has 1 unspecified atom stereocenters. The topological polar surface area (TPSA) is 114 Å². The molecule has 1 saturated heterocycles. The smallest absolute Gasteiger partial charge is 0.333 e. The first-order valence-corrected chi connectivity index (χ1v) is 10.1. The number of hydrogen-bond acceptors (Lipinski definition) is 8. The number of morpholine rings is 1. The van der Waals surface area contributed by atoms with Crippen LogP contribution < -0.4 is 15.0 Å². The van der Waals surface area contributed by atoms with E-state index >= 15 is 0 Å². The minimum atomic E-state index is -1.72. The Bertz CT molecular complexity index is 906. The van der Waals surface area contributed by atoms with Crippen molar-refractivity contribution in [3.8, 4) is 5.88 Å². The van der Waals surface area contributed by atoms with Gasteiger partial charge in [0.2, 0.25) is 5.82 Å². The molecule has 12 heteroatoms. The highest BCUT2D eigenvalue weighted by molar-refractivity contribution is 6.99. The van der Waals surface area contributed by atoms with Crippen molar-refractivity contribution >= 4 is 52.6 Å². The molecule has 0 radical (unpaired) electrons. The predicted molar refractivity (Wildman–Crippen MR) is 108 cm³/mol. The number of nitrogens with one attached hydrogen (secondary N) is 1. The van der Waals surface area contributed by atoms with Crippen molar-refractivity contribution in [3.05, 3.63) is 33.8 Å². The molecule has 1 fully saturated rings. The number of rotatable bonds is 7. The van der Waals surface area contributed by atoms with Gasteiger partial charge in [-0.25, -0.2) is 4.79 Å². The maximum absolute atomic E-state index is 12.4. The first kappa shape index (κ1) is 21.6. The first-order valence-electron chi connectivity index (χ1n) is 8.59. The minimum Gasteiger partial charge on any atom is -0.479 e. The second kappa shape index (κ2) is 9.12. The van der Waals surface area contributed by atoms with Crippen molar-refractivity contribution in [2.45, 2.75) is 12.5 Å². The van der Waals surface area contributed by atoms with Crippen LogP contribution in [0.2, 0.25) is 10.0 Å². The summed E-state index contributed by atoms with van der Waals surface area (Å²) in [5.41, 5.74) is -1.45. The summed E-state index contributed by atoms with van der Waals surface area (Å²) in [6.07, 6.45) is 0. The summed E-state index contributed by atoms with van der Waals surface area (Å²) in [6, 6.07) is 4.36. The Morgan fingerprint density at radius 3 is 2.69 bits per heavy atom. The van der Waals surface area contributed by atoms with Gasteiger partial charge in [0.05, 0.1) is 35.0 Å². The molecule has 0 spiro atoms. The highest BCUT2D eigenvalue weighted by atomic mass is 35.5. The third-order valence-corrected chi connectivity index (χ3v) is 5.65. The second-order valence-electron chi connectivity index (χ2n) is 6.39. The number of hydrogen-bond donors (Lipinski definition) is 2. The Morgan fingerprint density at radius 1 is 1.31 bits per heavy atom. The van der Waals surface area contributed by atoms with Gasteiger partial charge in [-0.3, -0.25) is 4.79 Å². The van der Waals surface area contributed by atoms with Crippen LogP contribution in [0.4, 0.5) is 5.82 Å². The minimum absolute atomic E-state index is 0.186. The molecule has 0 aliphatic carbocycles. The van der Waals surface area contributed by atoms with Gasteiger partial charge in [0, 0.05) is 13.1 Å². The average Bonchev–Trinajstić information content (AvgIpc) is 3.17. The molecule has 1 aromatic heterocycles. The fraction of sp³-hybridized carbons (Fsp3) is 0.412. The van der Waals surface area contributed by atoms with Crippen LogP contribution in [0.1, 0.15) is 12.5 Å². The fourth-order valence-corrected chi connectivity index (χ4v) is 3.56. The molecule has 1 aliphatic heterocycles. The predicted octanol–water partition coefficient (Wildman–Crippen LogP) is 2.18. The molecule has 1 aromatic carbocycles. The summed E-state index contributed by atoms with van der Waals surface area (Å²) < 4.78 is 19.1. The molecule has 1 amide bonds. The summed E-state index contributed by atoms with van der Waals surface area (Å²) in [6.45, 7) is 3.35. The number of amides is 1. The van der Waals surface area contributed by atoms with Crippen LogP contribution in [0.15, 0.2) is 18.2 Å². The van der Waals surface area contributed by atoms with E-state index in [9.17, 15) is 14.7 Å². The van der Waals surface area contributed by atoms with Gasteiger partial charge in [0.25, 0.3) is 11.8 Å². The van der Waals surface area contributed by atoms with E-state index in [4.69, 9.17) is 32.7 Å². The van der Waals surface area contributed by atoms with Crippen LogP contribution in [-0.2, 0) is 19.9 Å². The monoisotopic (exact) mass is 460 g/mol. The standard InChI is InChI=1S/C17H18Cl2N4O5S/c1-17(16(25)26,10-2-3-11(18)12(19)8-10)20-13(24)9-28-15-14(21-29-22-15)23-4-6-27-7-5-23/h2-3,8H,4-7,9H2,1H3,(H,20,24)(H,25,26). The van der Waals surface area contributed by atoms with Crippen molar-refractivity contribution in [1.82, 2.24) is 14.1 Å². The molecule has 2 N–H and O–H groups in total. The van der Waals surface area contributed by atoms with E-state index in [2.05, 4.69) is 14.1 Å². The van der Waals surface area contributed by atoms with E-state index in [0.717, 1.165) is 11.7 Å². The van der Waals surface area contributed by atoms with Crippen LogP contribution in [0.25, 0.3) is 0 Å². The number of aliphatic carboxylic acids is 1. The quantitative estimate of drug-likeness (QED) is 0.645. The molecule has 29 heavy (non-hydrogen) atoms. The number of benzene rings is 1. The number of halogens is 2. The first-order chi connectivity index (χ1) is 13.8. The zero-order chi connectivity index (χ0) is 21.0. The molecule has 2 aromatic rings. The van der Waals surface area contributed by atoms with Crippen LogP contribution >= 0.6 is 34.9 Å². The average molecular weight is 461 g/mol. The largest absolute Gasteiger partial charge is 0.479 e. The van der Waals surface area contributed by atoms with E-state index in [1.54, 1.807) is 0 Å². The molecular formula is C17H18Cl2N4O5S. The van der Waals surface area contributed by atoms with Crippen LogP contribution in [0, 0.1) is 0 Å². The summed E-state index contributed by atoms with van der Waals surface area (Å²) in [5, 5.41) is 12.6. The van der Waals surface area contributed by atoms with Gasteiger partial charge in [-0.05, 0) is 24.6 Å². The van der Waals surface area contributed by atoms with Crippen molar-refractivity contribution in [3.63, 3.8) is 0 Å². The van der Waals surface area contributed by atoms with Gasteiger partial charge in [0.1, 0.15) is 0 Å². The second-order valence-corrected chi connectivity index (χ2v) is 7.73. The SMILES string of the molecule is CC(NC(=O)COc1nsnc1N1CCOCC1)(C(=O)O)c1ccc(Cl)c(Cl)c1. The number of nitrogens with zero attached hydrogens (tertiary/aromatic N) is 3. The molecule has 0 saturated carbocycles. The molecule has 3 rings (SSSR count). The van der Waals surface area contributed by atoms with Crippen molar-refractivity contribution in [2.75, 3.05) is 37.8 Å². The zero-order valence-electron chi connectivity index (χ0n) is 15.4. The third kappa shape index (κ3) is 4.89. The number of carbonyl (C=O) groups is 2. The van der Waals surface area contributed by atoms with Gasteiger partial charge in [0.15, 0.2) is 12.1 Å². The molecule has 0 bridgehead atoms. The third-order valence-electron chi connectivity index (χ3n) is 4.41. The van der Waals surface area contributed by atoms with Crippen molar-refractivity contribution in [1.29, 1.82) is 0 Å². The maximum atomic E-state index is 12.4. The molecule has 156 valence electrons. The van der Waals surface area contributed by atoms with Gasteiger partial charge in [-0.1, -0.05) is 29.3 Å². The number of ether oxygens (including phenoxy) is 2. The number of carboxylic acid groups (broad SMARTS) is 1. The lowest BCUT2D eigenvalue weighted by Gasteiger charge is -2.28. The van der Waals surface area contributed by atoms with Crippen LogP contribution in [-0.4, -0.2) is 58.6 Å². The van der Waals surface area contributed by atoms with Gasteiger partial charge >= 0.3 is 5.97 Å². The Kier molecular flexibility index (Phi) is 6.78. The number of anilines is 1. The summed E-state index contributed by atoms with van der Waals surface area (Å²) in [7, 11) is 0. The Morgan fingerprint density at radius 2 is 2.03 bits per heavy atom. The number of aromatic nitrogens is 2. The van der Waals surface area contributed by atoms with E-state index < -0.39 is 24.0 Å². The van der Waals surface area contributed by atoms with E-state index in [1.807, 2.05) is 4.90 Å². The van der Waals surface area contributed by atoms with Crippen molar-refractivity contribution in [2.24, 2.45) is 0 Å². The summed E-state index contributed by atoms with van der Waals surface area (Å²) >= 11 is 12.9. The van der Waals surface area contributed by atoms with Crippen molar-refractivity contribution < 1.29 is 24.2 Å². The summed E-state index contributed by atoms with van der Waals surface area (Å²) in [4.78, 5) is 26.3. The molecule has 1 aliphatic rings. The van der Waals surface area contributed by atoms with Crippen LogP contribution in [0.3, 0.4) is 0 Å². The molecule has 1 atom stereocenters. The number of carboxylic acids is 1. The van der Waals surface area contributed by atoms with E-state index in [1.165, 1.54) is 25.1 Å². The van der Waals surface area contributed by atoms with Gasteiger partial charge in [-0.15, -0.1) is 4.37 Å². The Labute approximate surface area is 180 Å². The highest BCUT2D eigenvalue weighted by Crippen LogP contribution is 2.29. The van der Waals surface area contributed by atoms with E-state index in [-0.39, 0.29) is 21.5 Å². The lowest BCUT2D eigenvalue weighted by Crippen LogP contribution is -2.51. The lowest BCUT2D eigenvalue weighted by molar-refractivity contribution is -0.147. The number of carbonyl (C=O) groups excluding carboxylic acids is 1. The molecule has 2 heterocycles. The zero-order valence-corrected chi connectivity index (χ0v) is 17.7. The Hall–Kier alpha value is -2.14. The maximum Gasteiger partial charge on any atom is 0.333 e. The summed E-state index contributed by atoms with van der Waals surface area (Å²) in [5.74, 6) is -1.13. The molecular weight excluding hydrogens is 443 g/mol. The highest BCUT2D eigenvalue weighted by Gasteiger charge is 2.37. The van der Waals surface area contributed by atoms with Crippen LogP contribution in [0.5, 0.6) is 5.88 Å².